The summed E-state index contributed by atoms with van der Waals surface area (Å²) in [5.41, 5.74) is 0. The molecule has 0 radical (unpaired) electrons. The first kappa shape index (κ1) is 13.1. The van der Waals surface area contributed by atoms with E-state index in [1.807, 2.05) is 0 Å². The van der Waals surface area contributed by atoms with Crippen LogP contribution in [-0.2, 0) is 0 Å². The molecule has 86 valence electrons. The highest BCUT2D eigenvalue weighted by Crippen LogP contribution is 2.07. The number of nitrogens with one attached hydrogen (secondary N) is 1. The lowest BCUT2D eigenvalue weighted by Crippen LogP contribution is -2.62. The van der Waals surface area contributed by atoms with E-state index in [2.05, 4.69) is 0 Å². The van der Waals surface area contributed by atoms with Gasteiger partial charge in [0.25, 0.3) is 0 Å². The fraction of sp³-hybridized carbons (Fsp3) is 1.00. The average Bonchev–Trinajstić information content (AvgIpc) is 2.10. The van der Waals surface area contributed by atoms with Gasteiger partial charge in [0.2, 0.25) is 0 Å². The minimum Gasteiger partial charge on any atom is -0.395 e. The highest BCUT2D eigenvalue weighted by molar-refractivity contribution is 4.63. The lowest BCUT2D eigenvalue weighted by molar-refractivity contribution is -0.827. The summed E-state index contributed by atoms with van der Waals surface area (Å²) in [7, 11) is 0. The van der Waals surface area contributed by atoms with Gasteiger partial charge >= 0.3 is 12.3 Å². The van der Waals surface area contributed by atoms with Crippen molar-refractivity contribution in [2.75, 3.05) is 19.7 Å². The van der Waals surface area contributed by atoms with Gasteiger partial charge in [-0.15, -0.1) is 0 Å². The molecule has 0 unspecified atom stereocenters. The second-order valence-corrected chi connectivity index (χ2v) is 2.47. The van der Waals surface area contributed by atoms with E-state index < -0.39 is 40.3 Å². The zero-order chi connectivity index (χ0) is 12.1. The molecule has 0 rings (SSSR count). The van der Waals surface area contributed by atoms with Crippen molar-refractivity contribution in [2.45, 2.75) is 5.79 Å². The normalized spacial score (nSPS) is 11.0. The summed E-state index contributed by atoms with van der Waals surface area (Å²) >= 11 is 0. The van der Waals surface area contributed by atoms with Crippen LogP contribution < -0.4 is 5.32 Å². The van der Waals surface area contributed by atoms with E-state index in [-0.39, 0.29) is 0 Å². The number of hydrogen-bond acceptors (Lipinski definition) is 8. The Labute approximate surface area is 82.1 Å². The third-order valence-corrected chi connectivity index (χ3v) is 1.47. The minimum atomic E-state index is -3.09. The first-order chi connectivity index (χ1) is 6.86. The van der Waals surface area contributed by atoms with Crippen molar-refractivity contribution in [3.8, 4) is 0 Å². The molecule has 0 bridgehead atoms. The van der Waals surface area contributed by atoms with Crippen LogP contribution >= 0.6 is 0 Å². The molecular formula is C4H8N4O7. The molecule has 0 atom stereocenters. The van der Waals surface area contributed by atoms with Gasteiger partial charge in [0, 0.05) is 11.5 Å². The number of aliphatic hydroxyl groups is 1. The lowest BCUT2D eigenvalue weighted by atomic mass is 10.3. The van der Waals surface area contributed by atoms with Gasteiger partial charge in [-0.25, -0.2) is 0 Å². The van der Waals surface area contributed by atoms with Crippen molar-refractivity contribution < 1.29 is 19.9 Å². The van der Waals surface area contributed by atoms with E-state index in [0.717, 1.165) is 0 Å². The molecule has 2 N–H and O–H groups in total. The van der Waals surface area contributed by atoms with Crippen molar-refractivity contribution >= 4 is 0 Å². The summed E-state index contributed by atoms with van der Waals surface area (Å²) in [6, 6.07) is 0. The Balaban J connectivity index is 4.98. The largest absolute Gasteiger partial charge is 0.584 e. The van der Waals surface area contributed by atoms with Gasteiger partial charge in [0.1, 0.15) is 9.85 Å². The molecule has 0 aromatic rings. The van der Waals surface area contributed by atoms with Crippen LogP contribution in [-0.4, -0.2) is 45.4 Å². The fourth-order valence-corrected chi connectivity index (χ4v) is 0.803. The van der Waals surface area contributed by atoms with Crippen LogP contribution in [0.4, 0.5) is 0 Å². The first-order valence-corrected chi connectivity index (χ1v) is 3.63. The van der Waals surface area contributed by atoms with Gasteiger partial charge in [0.15, 0.2) is 0 Å². The molecule has 0 saturated carbocycles. The molecule has 0 aromatic heterocycles. The minimum absolute atomic E-state index is 0.490. The molecule has 0 aliphatic heterocycles. The van der Waals surface area contributed by atoms with Gasteiger partial charge in [-0.1, -0.05) is 0 Å². The van der Waals surface area contributed by atoms with Crippen LogP contribution in [0.3, 0.4) is 0 Å². The molecular weight excluding hydrogens is 216 g/mol. The van der Waals surface area contributed by atoms with Crippen LogP contribution in [0.15, 0.2) is 0 Å². The van der Waals surface area contributed by atoms with Crippen molar-refractivity contribution in [3.05, 3.63) is 30.3 Å². The van der Waals surface area contributed by atoms with Gasteiger partial charge in [-0.2, -0.15) is 5.32 Å². The Kier molecular flexibility index (Phi) is 4.47. The molecule has 0 spiro atoms. The van der Waals surface area contributed by atoms with E-state index in [1.54, 1.807) is 5.32 Å². The molecule has 0 aromatic carbocycles. The van der Waals surface area contributed by atoms with Crippen molar-refractivity contribution in [1.29, 1.82) is 0 Å². The fourth-order valence-electron chi connectivity index (χ4n) is 0.803. The van der Waals surface area contributed by atoms with E-state index in [4.69, 9.17) is 5.11 Å². The Hall–Kier alpha value is -1.88. The van der Waals surface area contributed by atoms with Crippen molar-refractivity contribution in [3.63, 3.8) is 0 Å². The molecule has 15 heavy (non-hydrogen) atoms. The second kappa shape index (κ2) is 5.11. The smallest absolute Gasteiger partial charge is 0.395 e. The summed E-state index contributed by atoms with van der Waals surface area (Å²) in [6.45, 7) is -2.61. The molecule has 0 aliphatic carbocycles. The number of nitrogens with zero attached hydrogens (tertiary/aromatic N) is 3. The van der Waals surface area contributed by atoms with Crippen molar-refractivity contribution in [1.82, 2.24) is 5.32 Å². The predicted molar refractivity (Wildman–Crippen MR) is 43.7 cm³/mol. The number of hydrogen-bond donors (Lipinski definition) is 2. The summed E-state index contributed by atoms with van der Waals surface area (Å²) < 4.78 is 0. The van der Waals surface area contributed by atoms with E-state index in [9.17, 15) is 30.3 Å². The topological polar surface area (TPSA) is 162 Å². The Morgan fingerprint density at radius 1 is 1.13 bits per heavy atom. The van der Waals surface area contributed by atoms with Crippen LogP contribution in [0.25, 0.3) is 0 Å². The summed E-state index contributed by atoms with van der Waals surface area (Å²) in [4.78, 5) is 27.0. The highest BCUT2D eigenvalue weighted by Gasteiger charge is 2.61. The van der Waals surface area contributed by atoms with Crippen LogP contribution in [0.2, 0.25) is 0 Å². The number of aliphatic hydroxyl groups excluding tert-OH is 1. The number of rotatable bonds is 7. The van der Waals surface area contributed by atoms with Gasteiger partial charge in [0.05, 0.1) is 6.61 Å². The highest BCUT2D eigenvalue weighted by atomic mass is 16.7. The lowest BCUT2D eigenvalue weighted by Gasteiger charge is -2.13. The maximum absolute atomic E-state index is 10.4. The SMILES string of the molecule is O=[N+]([O-])CC(NCCO)([N+](=O)[O-])[N+](=O)[O-]. The summed E-state index contributed by atoms with van der Waals surface area (Å²) in [6.07, 6.45) is 0. The van der Waals surface area contributed by atoms with Gasteiger partial charge in [-0.3, -0.25) is 30.3 Å². The van der Waals surface area contributed by atoms with Gasteiger partial charge in [-0.05, 0) is 0 Å². The van der Waals surface area contributed by atoms with E-state index >= 15 is 0 Å². The van der Waals surface area contributed by atoms with Crippen LogP contribution in [0, 0.1) is 30.3 Å². The standard InChI is InChI=1S/C4H8N4O7/c9-2-1-5-4(7(12)13,8(14)15)3-6(10)11/h5,9H,1-3H2. The summed E-state index contributed by atoms with van der Waals surface area (Å²) in [5.74, 6) is -3.09. The molecule has 0 heterocycles. The molecule has 0 fully saturated rings. The van der Waals surface area contributed by atoms with E-state index in [0.29, 0.717) is 0 Å². The molecule has 0 aliphatic rings. The third-order valence-electron chi connectivity index (χ3n) is 1.47. The number of nitro groups is 3. The molecule has 11 nitrogen and oxygen atoms in total. The quantitative estimate of drug-likeness (QED) is 0.286. The van der Waals surface area contributed by atoms with Crippen LogP contribution in [0.5, 0.6) is 0 Å². The Morgan fingerprint density at radius 3 is 1.87 bits per heavy atom. The zero-order valence-corrected chi connectivity index (χ0v) is 7.36. The third kappa shape index (κ3) is 3.07. The summed E-state index contributed by atoms with van der Waals surface area (Å²) in [5, 5.41) is 41.0. The van der Waals surface area contributed by atoms with Gasteiger partial charge < -0.3 is 5.11 Å². The molecule has 0 saturated heterocycles. The Bertz CT molecular complexity index is 264. The second-order valence-electron chi connectivity index (χ2n) is 2.47. The predicted octanol–water partition coefficient (Wildman–Crippen LogP) is -1.95. The molecule has 11 heteroatoms. The maximum Gasteiger partial charge on any atom is 0.584 e. The average molecular weight is 224 g/mol. The zero-order valence-electron chi connectivity index (χ0n) is 7.36. The monoisotopic (exact) mass is 224 g/mol. The van der Waals surface area contributed by atoms with Crippen LogP contribution in [0.1, 0.15) is 0 Å². The Morgan fingerprint density at radius 2 is 1.60 bits per heavy atom. The molecule has 0 amide bonds. The van der Waals surface area contributed by atoms with Crippen molar-refractivity contribution in [2.24, 2.45) is 0 Å². The maximum atomic E-state index is 10.4. The first-order valence-electron chi connectivity index (χ1n) is 3.63. The van der Waals surface area contributed by atoms with E-state index in [1.165, 1.54) is 0 Å².